The third-order valence-electron chi connectivity index (χ3n) is 2.25. The summed E-state index contributed by atoms with van der Waals surface area (Å²) in [7, 11) is 0. The molecule has 0 saturated carbocycles. The van der Waals surface area contributed by atoms with Crippen LogP contribution in [0.15, 0.2) is 59.6 Å². The zero-order valence-corrected chi connectivity index (χ0v) is 9.95. The zero-order valence-electron chi connectivity index (χ0n) is 9.95. The van der Waals surface area contributed by atoms with Gasteiger partial charge in [0.05, 0.1) is 5.69 Å². The van der Waals surface area contributed by atoms with E-state index in [0.717, 1.165) is 0 Å². The monoisotopic (exact) mass is 253 g/mol. The van der Waals surface area contributed by atoms with E-state index >= 15 is 0 Å². The molecule has 0 saturated heterocycles. The molecule has 0 radical (unpaired) electrons. The number of hydrogen-bond acceptors (Lipinski definition) is 4. The van der Waals surface area contributed by atoms with Crippen LogP contribution in [0, 0.1) is 11.5 Å². The summed E-state index contributed by atoms with van der Waals surface area (Å²) in [5.41, 5.74) is 0.410. The molecule has 0 aliphatic rings. The van der Waals surface area contributed by atoms with Crippen LogP contribution in [0.2, 0.25) is 0 Å². The van der Waals surface area contributed by atoms with Crippen LogP contribution >= 0.6 is 0 Å². The molecule has 0 atom stereocenters. The lowest BCUT2D eigenvalue weighted by molar-refractivity contribution is 0.477. The van der Waals surface area contributed by atoms with Gasteiger partial charge in [0.2, 0.25) is 6.19 Å². The largest absolute Gasteiger partial charge is 0.506 e. The van der Waals surface area contributed by atoms with E-state index in [1.165, 1.54) is 6.07 Å². The van der Waals surface area contributed by atoms with Crippen LogP contribution in [-0.2, 0) is 0 Å². The van der Waals surface area contributed by atoms with Crippen molar-refractivity contribution in [3.63, 3.8) is 0 Å². The number of ether oxygens (including phenoxy) is 1. The van der Waals surface area contributed by atoms with Gasteiger partial charge in [-0.3, -0.25) is 0 Å². The predicted octanol–water partition coefficient (Wildman–Crippen LogP) is 2.72. The number of phenols is 1. The van der Waals surface area contributed by atoms with E-state index in [1.807, 2.05) is 6.07 Å². The average Bonchev–Trinajstić information content (AvgIpc) is 2.43. The van der Waals surface area contributed by atoms with Crippen LogP contribution in [0.3, 0.4) is 0 Å². The van der Waals surface area contributed by atoms with Crippen molar-refractivity contribution in [2.45, 2.75) is 0 Å². The fourth-order valence-corrected chi connectivity index (χ4v) is 1.42. The third kappa shape index (κ3) is 3.48. The number of phenolic OH excluding ortho intramolecular Hbond substituents is 1. The molecule has 2 rings (SSSR count). The zero-order chi connectivity index (χ0) is 13.5. The quantitative estimate of drug-likeness (QED) is 0.373. The second kappa shape index (κ2) is 6.07. The maximum Gasteiger partial charge on any atom is 0.310 e. The lowest BCUT2D eigenvalue weighted by Crippen LogP contribution is -2.19. The number of aliphatic imine (C=N–C) groups is 1. The van der Waals surface area contributed by atoms with Crippen molar-refractivity contribution < 1.29 is 9.84 Å². The minimum absolute atomic E-state index is 0.00444. The van der Waals surface area contributed by atoms with Crippen LogP contribution in [0.5, 0.6) is 11.5 Å². The average molecular weight is 253 g/mol. The Morgan fingerprint density at radius 3 is 2.47 bits per heavy atom. The number of benzene rings is 2. The Morgan fingerprint density at radius 1 is 1.11 bits per heavy atom. The molecule has 2 aromatic carbocycles. The first-order chi connectivity index (χ1) is 9.29. The molecule has 0 heterocycles. The molecule has 0 unspecified atom stereocenters. The topological polar surface area (TPSA) is 77.6 Å². The van der Waals surface area contributed by atoms with Gasteiger partial charge in [-0.2, -0.15) is 5.26 Å². The summed E-state index contributed by atoms with van der Waals surface area (Å²) >= 11 is 0. The molecule has 0 bridgehead atoms. The molecule has 2 aromatic rings. The molecule has 5 nitrogen and oxygen atoms in total. The number of hydrogen-bond donors (Lipinski definition) is 2. The summed E-state index contributed by atoms with van der Waals surface area (Å²) in [6, 6.07) is 15.5. The molecule has 19 heavy (non-hydrogen) atoms. The number of aromatic hydroxyl groups is 1. The van der Waals surface area contributed by atoms with Crippen molar-refractivity contribution in [1.29, 1.82) is 5.26 Å². The highest BCUT2D eigenvalue weighted by atomic mass is 16.5. The summed E-state index contributed by atoms with van der Waals surface area (Å²) in [6.07, 6.45) is 1.65. The number of amidine groups is 1. The Hall–Kier alpha value is -3.00. The third-order valence-corrected chi connectivity index (χ3v) is 2.25. The Bertz CT molecular complexity index is 618. The Balaban J connectivity index is 2.17. The highest BCUT2D eigenvalue weighted by Crippen LogP contribution is 2.22. The summed E-state index contributed by atoms with van der Waals surface area (Å²) in [4.78, 5) is 3.53. The second-order valence-corrected chi connectivity index (χ2v) is 3.57. The van der Waals surface area contributed by atoms with E-state index in [9.17, 15) is 5.11 Å². The normalized spacial score (nSPS) is 10.6. The summed E-state index contributed by atoms with van der Waals surface area (Å²) in [6.45, 7) is 0. The van der Waals surface area contributed by atoms with Gasteiger partial charge in [0, 0.05) is 0 Å². The van der Waals surface area contributed by atoms with Crippen LogP contribution in [-0.4, -0.2) is 11.1 Å². The van der Waals surface area contributed by atoms with Gasteiger partial charge in [-0.25, -0.2) is 0 Å². The summed E-state index contributed by atoms with van der Waals surface area (Å²) in [5, 5.41) is 21.0. The van der Waals surface area contributed by atoms with E-state index < -0.39 is 0 Å². The number of nitriles is 1. The number of para-hydroxylation sites is 3. The van der Waals surface area contributed by atoms with Crippen molar-refractivity contribution in [3.05, 3.63) is 54.6 Å². The fraction of sp³-hybridized carbons (Fsp3) is 0. The van der Waals surface area contributed by atoms with Crippen molar-refractivity contribution in [2.24, 2.45) is 4.99 Å². The highest BCUT2D eigenvalue weighted by Gasteiger charge is 2.06. The molecular weight excluding hydrogens is 242 g/mol. The molecular formula is C14H11N3O2. The molecule has 2 N–H and O–H groups in total. The Kier molecular flexibility index (Phi) is 3.98. The number of rotatable bonds is 2. The molecule has 0 aliphatic heterocycles. The van der Waals surface area contributed by atoms with Crippen LogP contribution in [0.25, 0.3) is 0 Å². The van der Waals surface area contributed by atoms with E-state index in [-0.39, 0.29) is 11.8 Å². The standard InChI is InChI=1S/C14H11N3O2/c15-10-16-14(19-11-6-2-1-3-7-11)17-12-8-4-5-9-13(12)18/h1-9,18H,(H,16,17). The SMILES string of the molecule is N#CN=C(Nc1ccccc1O)Oc1ccccc1. The van der Waals surface area contributed by atoms with Crippen LogP contribution < -0.4 is 10.1 Å². The van der Waals surface area contributed by atoms with Gasteiger partial charge in [-0.15, -0.1) is 4.99 Å². The first-order valence-electron chi connectivity index (χ1n) is 5.54. The van der Waals surface area contributed by atoms with Gasteiger partial charge in [0.1, 0.15) is 11.5 Å². The molecule has 0 spiro atoms. The first-order valence-corrected chi connectivity index (χ1v) is 5.54. The number of anilines is 1. The van der Waals surface area contributed by atoms with Gasteiger partial charge in [-0.1, -0.05) is 30.3 Å². The second-order valence-electron chi connectivity index (χ2n) is 3.57. The molecule has 0 aliphatic carbocycles. The van der Waals surface area contributed by atoms with Gasteiger partial charge >= 0.3 is 6.02 Å². The smallest absolute Gasteiger partial charge is 0.310 e. The minimum Gasteiger partial charge on any atom is -0.506 e. The van der Waals surface area contributed by atoms with Crippen molar-refractivity contribution >= 4 is 11.7 Å². The molecule has 0 aromatic heterocycles. The fourth-order valence-electron chi connectivity index (χ4n) is 1.42. The van der Waals surface area contributed by atoms with E-state index in [2.05, 4.69) is 10.3 Å². The Morgan fingerprint density at radius 2 is 1.79 bits per heavy atom. The molecule has 5 heteroatoms. The summed E-state index contributed by atoms with van der Waals surface area (Å²) in [5.74, 6) is 0.587. The van der Waals surface area contributed by atoms with Gasteiger partial charge in [-0.05, 0) is 24.3 Å². The maximum atomic E-state index is 9.64. The van der Waals surface area contributed by atoms with Gasteiger partial charge < -0.3 is 15.2 Å². The number of nitrogens with zero attached hydrogens (tertiary/aromatic N) is 2. The summed E-state index contributed by atoms with van der Waals surface area (Å²) < 4.78 is 5.42. The Labute approximate surface area is 110 Å². The number of nitrogens with one attached hydrogen (secondary N) is 1. The van der Waals surface area contributed by atoms with Crippen LogP contribution in [0.1, 0.15) is 0 Å². The lowest BCUT2D eigenvalue weighted by Gasteiger charge is -2.10. The molecule has 0 amide bonds. The van der Waals surface area contributed by atoms with Crippen LogP contribution in [0.4, 0.5) is 5.69 Å². The van der Waals surface area contributed by atoms with E-state index in [4.69, 9.17) is 10.00 Å². The van der Waals surface area contributed by atoms with E-state index in [0.29, 0.717) is 11.4 Å². The van der Waals surface area contributed by atoms with Crippen molar-refractivity contribution in [2.75, 3.05) is 5.32 Å². The lowest BCUT2D eigenvalue weighted by atomic mass is 10.3. The first kappa shape index (κ1) is 12.5. The van der Waals surface area contributed by atoms with Gasteiger partial charge in [0.15, 0.2) is 0 Å². The van der Waals surface area contributed by atoms with Gasteiger partial charge in [0.25, 0.3) is 0 Å². The molecule has 94 valence electrons. The van der Waals surface area contributed by atoms with E-state index in [1.54, 1.807) is 48.7 Å². The highest BCUT2D eigenvalue weighted by molar-refractivity contribution is 5.92. The maximum absolute atomic E-state index is 9.64. The minimum atomic E-state index is -0.00444. The van der Waals surface area contributed by atoms with Crippen molar-refractivity contribution in [3.8, 4) is 17.7 Å². The predicted molar refractivity (Wildman–Crippen MR) is 71.8 cm³/mol. The van der Waals surface area contributed by atoms with Crippen molar-refractivity contribution in [1.82, 2.24) is 0 Å². The molecule has 0 fully saturated rings.